The number of carbonyl (C=O) groups is 4. The van der Waals surface area contributed by atoms with E-state index in [2.05, 4.69) is 15.4 Å². The van der Waals surface area contributed by atoms with Crippen LogP contribution in [0.4, 0.5) is 5.69 Å². The van der Waals surface area contributed by atoms with Gasteiger partial charge in [0.25, 0.3) is 5.91 Å². The third kappa shape index (κ3) is 4.37. The van der Waals surface area contributed by atoms with Crippen LogP contribution in [0.25, 0.3) is 0 Å². The van der Waals surface area contributed by atoms with Gasteiger partial charge in [-0.3, -0.25) is 14.4 Å². The van der Waals surface area contributed by atoms with Crippen molar-refractivity contribution in [1.29, 1.82) is 0 Å². The molecule has 8 nitrogen and oxygen atoms in total. The van der Waals surface area contributed by atoms with Gasteiger partial charge in [-0.05, 0) is 29.6 Å². The first-order chi connectivity index (χ1) is 13.5. The van der Waals surface area contributed by atoms with E-state index in [0.717, 1.165) is 0 Å². The normalized spacial score (nSPS) is 16.2. The number of esters is 1. The molecule has 0 aliphatic carbocycles. The third-order valence-electron chi connectivity index (χ3n) is 4.27. The average Bonchev–Trinajstić information content (AvgIpc) is 3.23. The largest absolute Gasteiger partial charge is 0.465 e. The van der Waals surface area contributed by atoms with Crippen molar-refractivity contribution in [2.24, 2.45) is 0 Å². The lowest BCUT2D eigenvalue weighted by molar-refractivity contribution is -0.131. The first-order valence-electron chi connectivity index (χ1n) is 8.60. The van der Waals surface area contributed by atoms with Gasteiger partial charge in [-0.1, -0.05) is 12.1 Å². The van der Waals surface area contributed by atoms with Crippen LogP contribution in [0.5, 0.6) is 0 Å². The second-order valence-electron chi connectivity index (χ2n) is 6.11. The van der Waals surface area contributed by atoms with E-state index in [1.165, 1.54) is 29.4 Å². The summed E-state index contributed by atoms with van der Waals surface area (Å²) in [6.07, 6.45) is -0.189. The number of rotatable bonds is 5. The van der Waals surface area contributed by atoms with Crippen LogP contribution in [-0.2, 0) is 14.3 Å². The molecule has 1 unspecified atom stereocenters. The van der Waals surface area contributed by atoms with Crippen molar-refractivity contribution >= 4 is 40.7 Å². The Bertz CT molecular complexity index is 897. The van der Waals surface area contributed by atoms with Gasteiger partial charge >= 0.3 is 5.97 Å². The minimum atomic E-state index is -0.896. The molecule has 0 bridgehead atoms. The molecule has 28 heavy (non-hydrogen) atoms. The smallest absolute Gasteiger partial charge is 0.337 e. The van der Waals surface area contributed by atoms with E-state index in [0.29, 0.717) is 29.2 Å². The summed E-state index contributed by atoms with van der Waals surface area (Å²) in [6.45, 7) is 0.674. The quantitative estimate of drug-likeness (QED) is 0.739. The lowest BCUT2D eigenvalue weighted by Gasteiger charge is -2.34. The van der Waals surface area contributed by atoms with Gasteiger partial charge in [-0.25, -0.2) is 4.79 Å². The standard InChI is InChI=1S/C19H19N3O5S/c1-27-19(26)12-4-2-5-13(10-12)21-16(23)11-14-17(24)20-7-8-22(14)18(25)15-6-3-9-28-15/h2-6,9-10,14H,7-8,11H2,1H3,(H,20,24)(H,21,23). The van der Waals surface area contributed by atoms with Crippen molar-refractivity contribution in [3.63, 3.8) is 0 Å². The number of nitrogens with zero attached hydrogens (tertiary/aromatic N) is 1. The fraction of sp³-hybridized carbons (Fsp3) is 0.263. The van der Waals surface area contributed by atoms with Gasteiger partial charge in [-0.15, -0.1) is 11.3 Å². The first-order valence-corrected chi connectivity index (χ1v) is 9.48. The van der Waals surface area contributed by atoms with E-state index in [-0.39, 0.29) is 18.2 Å². The number of carbonyl (C=O) groups excluding carboxylic acids is 4. The van der Waals surface area contributed by atoms with Crippen LogP contribution in [0.1, 0.15) is 26.5 Å². The van der Waals surface area contributed by atoms with Gasteiger partial charge in [0.1, 0.15) is 6.04 Å². The van der Waals surface area contributed by atoms with Crippen molar-refractivity contribution < 1.29 is 23.9 Å². The molecule has 0 spiro atoms. The number of hydrogen-bond acceptors (Lipinski definition) is 6. The van der Waals surface area contributed by atoms with Crippen molar-refractivity contribution in [1.82, 2.24) is 10.2 Å². The summed E-state index contributed by atoms with van der Waals surface area (Å²) in [7, 11) is 1.27. The Labute approximate surface area is 165 Å². The van der Waals surface area contributed by atoms with Crippen LogP contribution in [0, 0.1) is 0 Å². The maximum Gasteiger partial charge on any atom is 0.337 e. The van der Waals surface area contributed by atoms with Crippen LogP contribution in [0.2, 0.25) is 0 Å². The Morgan fingerprint density at radius 2 is 2.11 bits per heavy atom. The predicted octanol–water partition coefficient (Wildman–Crippen LogP) is 1.50. The van der Waals surface area contributed by atoms with Crippen molar-refractivity contribution in [3.8, 4) is 0 Å². The van der Waals surface area contributed by atoms with Crippen LogP contribution in [0.3, 0.4) is 0 Å². The summed E-state index contributed by atoms with van der Waals surface area (Å²) in [5.41, 5.74) is 0.700. The van der Waals surface area contributed by atoms with Crippen LogP contribution in [0.15, 0.2) is 41.8 Å². The Hall–Kier alpha value is -3.20. The molecule has 1 atom stereocenters. The zero-order valence-corrected chi connectivity index (χ0v) is 16.0. The number of thiophene rings is 1. The summed E-state index contributed by atoms with van der Waals surface area (Å²) >= 11 is 1.29. The van der Waals surface area contributed by atoms with Crippen molar-refractivity contribution in [2.45, 2.75) is 12.5 Å². The molecule has 1 aromatic carbocycles. The number of amides is 3. The first kappa shape index (κ1) is 19.6. The summed E-state index contributed by atoms with van der Waals surface area (Å²) in [5.74, 6) is -1.59. The molecular formula is C19H19N3O5S. The Balaban J connectivity index is 1.71. The molecule has 146 valence electrons. The van der Waals surface area contributed by atoms with E-state index >= 15 is 0 Å². The zero-order valence-electron chi connectivity index (χ0n) is 15.1. The maximum atomic E-state index is 12.7. The number of hydrogen-bond donors (Lipinski definition) is 2. The van der Waals surface area contributed by atoms with Crippen LogP contribution in [-0.4, -0.2) is 54.8 Å². The van der Waals surface area contributed by atoms with E-state index in [9.17, 15) is 19.2 Å². The van der Waals surface area contributed by atoms with Crippen molar-refractivity contribution in [2.75, 3.05) is 25.5 Å². The number of benzene rings is 1. The fourth-order valence-corrected chi connectivity index (χ4v) is 3.61. The van der Waals surface area contributed by atoms with Gasteiger partial charge in [-0.2, -0.15) is 0 Å². The number of anilines is 1. The average molecular weight is 401 g/mol. The highest BCUT2D eigenvalue weighted by Gasteiger charge is 2.35. The number of ether oxygens (including phenoxy) is 1. The highest BCUT2D eigenvalue weighted by molar-refractivity contribution is 7.12. The second-order valence-corrected chi connectivity index (χ2v) is 7.06. The lowest BCUT2D eigenvalue weighted by atomic mass is 10.1. The SMILES string of the molecule is COC(=O)c1cccc(NC(=O)CC2C(=O)NCCN2C(=O)c2cccs2)c1. The summed E-state index contributed by atoms with van der Waals surface area (Å²) in [4.78, 5) is 51.0. The molecule has 1 aliphatic heterocycles. The highest BCUT2D eigenvalue weighted by atomic mass is 32.1. The monoisotopic (exact) mass is 401 g/mol. The summed E-state index contributed by atoms with van der Waals surface area (Å²) < 4.78 is 4.66. The topological polar surface area (TPSA) is 105 Å². The van der Waals surface area contributed by atoms with Gasteiger partial charge in [0.15, 0.2) is 0 Å². The molecule has 2 heterocycles. The van der Waals surface area contributed by atoms with Gasteiger partial charge < -0.3 is 20.3 Å². The molecule has 1 saturated heterocycles. The van der Waals surface area contributed by atoms with E-state index < -0.39 is 17.9 Å². The fourth-order valence-electron chi connectivity index (χ4n) is 2.93. The van der Waals surface area contributed by atoms with Gasteiger partial charge in [0.05, 0.1) is 24.0 Å². The molecule has 3 amide bonds. The van der Waals surface area contributed by atoms with Crippen molar-refractivity contribution in [3.05, 3.63) is 52.2 Å². The summed E-state index contributed by atoms with van der Waals surface area (Å²) in [5, 5.41) is 7.14. The second kappa shape index (κ2) is 8.66. The molecule has 3 rings (SSSR count). The Morgan fingerprint density at radius 3 is 2.82 bits per heavy atom. The molecule has 2 aromatic rings. The molecule has 2 N–H and O–H groups in total. The summed E-state index contributed by atoms with van der Waals surface area (Å²) in [6, 6.07) is 8.85. The Kier molecular flexibility index (Phi) is 6.05. The highest BCUT2D eigenvalue weighted by Crippen LogP contribution is 2.18. The molecule has 0 saturated carbocycles. The van der Waals surface area contributed by atoms with Crippen LogP contribution >= 0.6 is 11.3 Å². The number of piperazine rings is 1. The molecule has 0 radical (unpaired) electrons. The van der Waals surface area contributed by atoms with Gasteiger partial charge in [0, 0.05) is 18.8 Å². The predicted molar refractivity (Wildman–Crippen MR) is 103 cm³/mol. The minimum Gasteiger partial charge on any atom is -0.465 e. The lowest BCUT2D eigenvalue weighted by Crippen LogP contribution is -2.58. The van der Waals surface area contributed by atoms with Crippen LogP contribution < -0.4 is 10.6 Å². The molecule has 9 heteroatoms. The van der Waals surface area contributed by atoms with E-state index in [4.69, 9.17) is 0 Å². The number of methoxy groups -OCH3 is 1. The molecular weight excluding hydrogens is 382 g/mol. The minimum absolute atomic E-state index is 0.189. The number of nitrogens with one attached hydrogen (secondary N) is 2. The molecule has 1 aromatic heterocycles. The molecule has 1 aliphatic rings. The third-order valence-corrected chi connectivity index (χ3v) is 5.13. The Morgan fingerprint density at radius 1 is 1.29 bits per heavy atom. The van der Waals surface area contributed by atoms with E-state index in [1.807, 2.05) is 0 Å². The maximum absolute atomic E-state index is 12.7. The molecule has 1 fully saturated rings. The zero-order chi connectivity index (χ0) is 20.1. The van der Waals surface area contributed by atoms with E-state index in [1.54, 1.807) is 35.7 Å². The van der Waals surface area contributed by atoms with Gasteiger partial charge in [0.2, 0.25) is 11.8 Å².